The van der Waals surface area contributed by atoms with Crippen LogP contribution in [0.4, 0.5) is 0 Å². The number of aliphatic hydroxyl groups excluding tert-OH is 1. The lowest BCUT2D eigenvalue weighted by Gasteiger charge is -2.18. The van der Waals surface area contributed by atoms with E-state index in [1.807, 2.05) is 18.2 Å². The second-order valence-corrected chi connectivity index (χ2v) is 14.3. The lowest BCUT2D eigenvalue weighted by molar-refractivity contribution is -0.161. The van der Waals surface area contributed by atoms with Crippen LogP contribution in [0.2, 0.25) is 0 Å². The summed E-state index contributed by atoms with van der Waals surface area (Å²) in [6, 6.07) is 0. The molecule has 0 heterocycles. The van der Waals surface area contributed by atoms with Crippen LogP contribution in [0.1, 0.15) is 162 Å². The minimum atomic E-state index is -4.78. The number of aliphatic hydroxyl groups is 1. The molecule has 0 spiro atoms. The average molecular weight is 739 g/mol. The quantitative estimate of drug-likeness (QED) is 0.0251. The molecule has 294 valence electrons. The standard InChI is InChI=1S/C41H71O9P/c1-3-5-6-7-8-9-10-11-12-15-19-22-25-28-31-35-41(44)50-39(37-49-51(45,46)47)36-48-40(43)34-30-27-24-21-18-16-13-14-17-20-23-26-29-33-38(42)32-4-2/h11-13,16-17,20-21,24,26,29,38-39,42H,3-10,14-15,18-19,22-23,25,27-28,30-37H2,1-2H3,(H2,45,46,47)/b12-11-,16-13-,20-17-,24-21-,29-26-/t38?,39-/m1/s1. The molecular formula is C41H71O9P. The van der Waals surface area contributed by atoms with Crippen LogP contribution in [0, 0.1) is 0 Å². The molecule has 0 radical (unpaired) electrons. The number of phosphoric acid groups is 1. The first kappa shape index (κ1) is 48.7. The molecule has 0 saturated heterocycles. The van der Waals surface area contributed by atoms with Crippen LogP contribution < -0.4 is 0 Å². The number of carbonyl (C=O) groups is 2. The van der Waals surface area contributed by atoms with Gasteiger partial charge in [0.15, 0.2) is 6.10 Å². The Morgan fingerprint density at radius 3 is 1.67 bits per heavy atom. The number of unbranched alkanes of at least 4 members (excludes halogenated alkanes) is 12. The fraction of sp³-hybridized carbons (Fsp3) is 0.707. The molecule has 2 atom stereocenters. The third kappa shape index (κ3) is 38.8. The SMILES string of the molecule is CCCCCCCC/C=C\CCCCCCCC(=O)O[C@H](COC(=O)CCC/C=C\C/C=C\C/C=C\C/C=C\CC(O)CCC)COP(=O)(O)O. The van der Waals surface area contributed by atoms with E-state index in [4.69, 9.17) is 19.3 Å². The zero-order valence-electron chi connectivity index (χ0n) is 31.8. The molecule has 0 aliphatic carbocycles. The second-order valence-electron chi connectivity index (χ2n) is 13.1. The van der Waals surface area contributed by atoms with Gasteiger partial charge in [-0.15, -0.1) is 0 Å². The van der Waals surface area contributed by atoms with E-state index in [1.165, 1.54) is 38.5 Å². The summed E-state index contributed by atoms with van der Waals surface area (Å²) in [5, 5.41) is 9.70. The average Bonchev–Trinajstić information content (AvgIpc) is 3.09. The largest absolute Gasteiger partial charge is 0.469 e. The number of carbonyl (C=O) groups excluding carboxylic acids is 2. The highest BCUT2D eigenvalue weighted by atomic mass is 31.2. The molecule has 51 heavy (non-hydrogen) atoms. The maximum Gasteiger partial charge on any atom is 0.469 e. The Balaban J connectivity index is 4.09. The van der Waals surface area contributed by atoms with Crippen LogP contribution >= 0.6 is 7.82 Å². The minimum Gasteiger partial charge on any atom is -0.462 e. The molecule has 0 aromatic heterocycles. The molecule has 0 aromatic rings. The van der Waals surface area contributed by atoms with Crippen molar-refractivity contribution in [2.45, 2.75) is 174 Å². The molecule has 0 aliphatic rings. The summed E-state index contributed by atoms with van der Waals surface area (Å²) in [5.41, 5.74) is 0. The lowest BCUT2D eigenvalue weighted by atomic mass is 10.1. The summed E-state index contributed by atoms with van der Waals surface area (Å²) in [6.07, 6.45) is 41.5. The van der Waals surface area contributed by atoms with Crippen molar-refractivity contribution >= 4 is 19.8 Å². The van der Waals surface area contributed by atoms with Gasteiger partial charge in [-0.3, -0.25) is 14.1 Å². The number of allylic oxidation sites excluding steroid dienone is 9. The summed E-state index contributed by atoms with van der Waals surface area (Å²) >= 11 is 0. The molecule has 0 bridgehead atoms. The van der Waals surface area contributed by atoms with E-state index in [0.717, 1.165) is 70.6 Å². The summed E-state index contributed by atoms with van der Waals surface area (Å²) < 4.78 is 26.3. The van der Waals surface area contributed by atoms with Crippen molar-refractivity contribution in [2.75, 3.05) is 13.2 Å². The number of phosphoric ester groups is 1. The number of hydrogen-bond acceptors (Lipinski definition) is 7. The van der Waals surface area contributed by atoms with Crippen LogP contribution in [-0.4, -0.2) is 52.3 Å². The molecular weight excluding hydrogens is 667 g/mol. The van der Waals surface area contributed by atoms with Gasteiger partial charge in [-0.2, -0.15) is 0 Å². The van der Waals surface area contributed by atoms with Gasteiger partial charge in [-0.1, -0.05) is 132 Å². The first-order chi connectivity index (χ1) is 24.7. The maximum atomic E-state index is 12.4. The molecule has 1 unspecified atom stereocenters. The molecule has 0 aliphatic heterocycles. The highest BCUT2D eigenvalue weighted by Crippen LogP contribution is 2.36. The van der Waals surface area contributed by atoms with Crippen molar-refractivity contribution in [3.63, 3.8) is 0 Å². The van der Waals surface area contributed by atoms with Gasteiger partial charge in [0.05, 0.1) is 12.7 Å². The molecule has 0 fully saturated rings. The second kappa shape index (κ2) is 36.1. The topological polar surface area (TPSA) is 140 Å². The van der Waals surface area contributed by atoms with Gasteiger partial charge >= 0.3 is 19.8 Å². The Morgan fingerprint density at radius 1 is 0.588 bits per heavy atom. The van der Waals surface area contributed by atoms with Crippen molar-refractivity contribution in [1.29, 1.82) is 0 Å². The zero-order valence-corrected chi connectivity index (χ0v) is 32.7. The van der Waals surface area contributed by atoms with Crippen LogP contribution in [0.3, 0.4) is 0 Å². The number of hydrogen-bond donors (Lipinski definition) is 3. The van der Waals surface area contributed by atoms with E-state index < -0.39 is 32.5 Å². The monoisotopic (exact) mass is 738 g/mol. The Hall–Kier alpha value is -2.29. The maximum absolute atomic E-state index is 12.4. The molecule has 10 heteroatoms. The molecule has 0 aromatic carbocycles. The van der Waals surface area contributed by atoms with Gasteiger partial charge in [-0.25, -0.2) is 4.57 Å². The van der Waals surface area contributed by atoms with Crippen LogP contribution in [-0.2, 0) is 28.2 Å². The number of ether oxygens (including phenoxy) is 2. The minimum absolute atomic E-state index is 0.173. The summed E-state index contributed by atoms with van der Waals surface area (Å²) in [4.78, 5) is 42.7. The smallest absolute Gasteiger partial charge is 0.462 e. The predicted octanol–water partition coefficient (Wildman–Crippen LogP) is 10.7. The van der Waals surface area contributed by atoms with Crippen LogP contribution in [0.25, 0.3) is 0 Å². The first-order valence-corrected chi connectivity index (χ1v) is 21.2. The van der Waals surface area contributed by atoms with E-state index >= 15 is 0 Å². The summed E-state index contributed by atoms with van der Waals surface area (Å²) in [6.45, 7) is 3.41. The Morgan fingerprint density at radius 2 is 1.08 bits per heavy atom. The van der Waals surface area contributed by atoms with Crippen LogP contribution in [0.15, 0.2) is 60.8 Å². The van der Waals surface area contributed by atoms with Gasteiger partial charge in [0, 0.05) is 12.8 Å². The van der Waals surface area contributed by atoms with Gasteiger partial charge in [0.1, 0.15) is 6.61 Å². The first-order valence-electron chi connectivity index (χ1n) is 19.7. The fourth-order valence-corrected chi connectivity index (χ4v) is 5.50. The Kier molecular flexibility index (Phi) is 34.5. The highest BCUT2D eigenvalue weighted by molar-refractivity contribution is 7.46. The molecule has 0 rings (SSSR count). The van der Waals surface area contributed by atoms with Gasteiger partial charge in [0.25, 0.3) is 0 Å². The summed E-state index contributed by atoms with van der Waals surface area (Å²) in [7, 11) is -4.78. The fourth-order valence-electron chi connectivity index (χ4n) is 5.14. The molecule has 0 saturated carbocycles. The van der Waals surface area contributed by atoms with Crippen molar-refractivity contribution in [1.82, 2.24) is 0 Å². The van der Waals surface area contributed by atoms with E-state index in [1.54, 1.807) is 0 Å². The number of rotatable bonds is 35. The normalized spacial score (nSPS) is 13.7. The van der Waals surface area contributed by atoms with E-state index in [0.29, 0.717) is 25.7 Å². The van der Waals surface area contributed by atoms with E-state index in [-0.39, 0.29) is 25.6 Å². The van der Waals surface area contributed by atoms with Gasteiger partial charge in [-0.05, 0) is 77.0 Å². The van der Waals surface area contributed by atoms with Gasteiger partial charge < -0.3 is 24.4 Å². The molecule has 9 nitrogen and oxygen atoms in total. The van der Waals surface area contributed by atoms with Crippen molar-refractivity contribution in [3.05, 3.63) is 60.8 Å². The third-order valence-electron chi connectivity index (χ3n) is 8.06. The van der Waals surface area contributed by atoms with Crippen molar-refractivity contribution in [3.8, 4) is 0 Å². The predicted molar refractivity (Wildman–Crippen MR) is 208 cm³/mol. The number of esters is 2. The van der Waals surface area contributed by atoms with E-state index in [9.17, 15) is 19.3 Å². The lowest BCUT2D eigenvalue weighted by Crippen LogP contribution is -2.29. The zero-order chi connectivity index (χ0) is 37.7. The Bertz CT molecular complexity index is 1030. The molecule has 0 amide bonds. The molecule has 3 N–H and O–H groups in total. The van der Waals surface area contributed by atoms with Crippen molar-refractivity contribution in [2.24, 2.45) is 0 Å². The Labute approximate surface area is 309 Å². The van der Waals surface area contributed by atoms with E-state index in [2.05, 4.69) is 60.9 Å². The van der Waals surface area contributed by atoms with Crippen LogP contribution in [0.5, 0.6) is 0 Å². The highest BCUT2D eigenvalue weighted by Gasteiger charge is 2.22. The van der Waals surface area contributed by atoms with Crippen molar-refractivity contribution < 1.29 is 43.0 Å². The summed E-state index contributed by atoms with van der Waals surface area (Å²) in [5.74, 6) is -0.985. The van der Waals surface area contributed by atoms with Gasteiger partial charge in [0.2, 0.25) is 0 Å². The third-order valence-corrected chi connectivity index (χ3v) is 8.55.